The third-order valence-electron chi connectivity index (χ3n) is 2.64. The Hall–Kier alpha value is -0.313. The Morgan fingerprint density at radius 1 is 1.06 bits per heavy atom. The average molecular weight is 257 g/mol. The summed E-state index contributed by atoms with van der Waals surface area (Å²) in [6, 6.07) is 8.04. The maximum atomic E-state index is 6.09. The zero-order chi connectivity index (χ0) is 12.3. The lowest BCUT2D eigenvalue weighted by atomic mass is 9.97. The van der Waals surface area contributed by atoms with Crippen LogP contribution in [0.5, 0.6) is 0 Å². The molecule has 1 rings (SSSR count). The molecular weight excluding hydrogens is 236 g/mol. The lowest BCUT2D eigenvalue weighted by Gasteiger charge is -2.28. The summed E-state index contributed by atoms with van der Waals surface area (Å²) >= 11 is 5.88. The van der Waals surface area contributed by atoms with Crippen LogP contribution < -0.4 is 0 Å². The van der Waals surface area contributed by atoms with Gasteiger partial charge in [0.15, 0.2) is 8.32 Å². The van der Waals surface area contributed by atoms with Crippen LogP contribution >= 0.6 is 11.6 Å². The molecule has 0 fully saturated rings. The molecule has 0 heterocycles. The predicted molar refractivity (Wildman–Crippen MR) is 73.8 cm³/mol. The zero-order valence-corrected chi connectivity index (χ0v) is 12.5. The molecule has 2 atom stereocenters. The van der Waals surface area contributed by atoms with Crippen LogP contribution in [0.3, 0.4) is 0 Å². The predicted octanol–water partition coefficient (Wildman–Crippen LogP) is 4.68. The van der Waals surface area contributed by atoms with Gasteiger partial charge in [-0.05, 0) is 44.3 Å². The van der Waals surface area contributed by atoms with Crippen molar-refractivity contribution in [3.05, 3.63) is 34.9 Å². The van der Waals surface area contributed by atoms with E-state index in [1.807, 2.05) is 12.1 Å². The van der Waals surface area contributed by atoms with Crippen molar-refractivity contribution in [3.63, 3.8) is 0 Å². The van der Waals surface area contributed by atoms with E-state index in [2.05, 4.69) is 45.6 Å². The van der Waals surface area contributed by atoms with E-state index in [0.29, 0.717) is 5.92 Å². The molecule has 3 heteroatoms. The Morgan fingerprint density at radius 2 is 1.56 bits per heavy atom. The highest BCUT2D eigenvalue weighted by molar-refractivity contribution is 6.69. The minimum atomic E-state index is -1.45. The Balaban J connectivity index is 2.70. The molecule has 90 valence electrons. The van der Waals surface area contributed by atoms with Gasteiger partial charge >= 0.3 is 0 Å². The maximum absolute atomic E-state index is 6.09. The monoisotopic (exact) mass is 256 g/mol. The third-order valence-corrected chi connectivity index (χ3v) is 3.97. The van der Waals surface area contributed by atoms with Crippen LogP contribution in [0.25, 0.3) is 0 Å². The van der Waals surface area contributed by atoms with Crippen LogP contribution in [-0.2, 0) is 4.43 Å². The molecule has 0 saturated heterocycles. The smallest absolute Gasteiger partial charge is 0.184 e. The molecule has 0 aromatic heterocycles. The van der Waals surface area contributed by atoms with Crippen molar-refractivity contribution in [2.45, 2.75) is 45.5 Å². The molecule has 0 saturated carbocycles. The second-order valence-electron chi connectivity index (χ2n) is 5.28. The fraction of sp³-hybridized carbons (Fsp3) is 0.538. The summed E-state index contributed by atoms with van der Waals surface area (Å²) in [4.78, 5) is 0. The molecule has 0 aliphatic heterocycles. The SMILES string of the molecule is CC(O[Si](C)(C)C)C(C)c1ccc(Cl)cc1. The van der Waals surface area contributed by atoms with Crippen LogP contribution in [0, 0.1) is 0 Å². The molecule has 0 spiro atoms. The van der Waals surface area contributed by atoms with E-state index in [1.165, 1.54) is 5.56 Å². The summed E-state index contributed by atoms with van der Waals surface area (Å²) in [5, 5.41) is 0.787. The van der Waals surface area contributed by atoms with Gasteiger partial charge < -0.3 is 4.43 Å². The van der Waals surface area contributed by atoms with Crippen molar-refractivity contribution in [1.29, 1.82) is 0 Å². The third kappa shape index (κ3) is 4.28. The van der Waals surface area contributed by atoms with Crippen molar-refractivity contribution in [3.8, 4) is 0 Å². The molecule has 16 heavy (non-hydrogen) atoms. The largest absolute Gasteiger partial charge is 0.414 e. The first-order valence-corrected chi connectivity index (χ1v) is 9.51. The van der Waals surface area contributed by atoms with Gasteiger partial charge in [0.05, 0.1) is 0 Å². The standard InChI is InChI=1S/C13H21ClOSi/c1-10(11(2)15-16(3,4)5)12-6-8-13(14)9-7-12/h6-11H,1-5H3. The van der Waals surface area contributed by atoms with Crippen LogP contribution in [-0.4, -0.2) is 14.4 Å². The van der Waals surface area contributed by atoms with Crippen molar-refractivity contribution in [1.82, 2.24) is 0 Å². The van der Waals surface area contributed by atoms with Gasteiger partial charge in [0.25, 0.3) is 0 Å². The second-order valence-corrected chi connectivity index (χ2v) is 10.2. The Kier molecular flexibility index (Phi) is 4.59. The van der Waals surface area contributed by atoms with E-state index in [0.717, 1.165) is 5.02 Å². The quantitative estimate of drug-likeness (QED) is 0.711. The molecule has 0 N–H and O–H groups in total. The number of halogens is 1. The first-order chi connectivity index (χ1) is 7.29. The summed E-state index contributed by atoms with van der Waals surface area (Å²) in [7, 11) is -1.45. The van der Waals surface area contributed by atoms with Crippen LogP contribution in [0.1, 0.15) is 25.3 Å². The van der Waals surface area contributed by atoms with Gasteiger partial charge in [-0.25, -0.2) is 0 Å². The van der Waals surface area contributed by atoms with Gasteiger partial charge in [-0.1, -0.05) is 30.7 Å². The molecule has 1 nitrogen and oxygen atoms in total. The van der Waals surface area contributed by atoms with Gasteiger partial charge in [0.1, 0.15) is 0 Å². The summed E-state index contributed by atoms with van der Waals surface area (Å²) < 4.78 is 6.09. The summed E-state index contributed by atoms with van der Waals surface area (Å²) in [5.74, 6) is 0.406. The van der Waals surface area contributed by atoms with Gasteiger partial charge in [-0.3, -0.25) is 0 Å². The molecule has 1 aromatic rings. The van der Waals surface area contributed by atoms with E-state index in [4.69, 9.17) is 16.0 Å². The number of hydrogen-bond donors (Lipinski definition) is 0. The topological polar surface area (TPSA) is 9.23 Å². The molecule has 0 bridgehead atoms. The van der Waals surface area contributed by atoms with E-state index in [1.54, 1.807) is 0 Å². The fourth-order valence-corrected chi connectivity index (χ4v) is 3.14. The van der Waals surface area contributed by atoms with Crippen LogP contribution in [0.4, 0.5) is 0 Å². The number of rotatable bonds is 4. The Morgan fingerprint density at radius 3 is 2.00 bits per heavy atom. The van der Waals surface area contributed by atoms with Crippen LogP contribution in [0.15, 0.2) is 24.3 Å². The first kappa shape index (κ1) is 13.8. The van der Waals surface area contributed by atoms with Crippen molar-refractivity contribution >= 4 is 19.9 Å². The van der Waals surface area contributed by atoms with Crippen molar-refractivity contribution in [2.75, 3.05) is 0 Å². The molecule has 0 radical (unpaired) electrons. The van der Waals surface area contributed by atoms with Crippen molar-refractivity contribution in [2.24, 2.45) is 0 Å². The van der Waals surface area contributed by atoms with E-state index < -0.39 is 8.32 Å². The molecule has 2 unspecified atom stereocenters. The van der Waals surface area contributed by atoms with Gasteiger partial charge in [-0.15, -0.1) is 0 Å². The summed E-state index contributed by atoms with van der Waals surface area (Å²) in [5.41, 5.74) is 1.29. The number of benzene rings is 1. The maximum Gasteiger partial charge on any atom is 0.184 e. The first-order valence-electron chi connectivity index (χ1n) is 5.73. The molecule has 0 aliphatic carbocycles. The fourth-order valence-electron chi connectivity index (χ4n) is 1.70. The van der Waals surface area contributed by atoms with Crippen LogP contribution in [0.2, 0.25) is 24.7 Å². The molecule has 0 aliphatic rings. The minimum Gasteiger partial charge on any atom is -0.414 e. The highest BCUT2D eigenvalue weighted by Gasteiger charge is 2.22. The number of hydrogen-bond acceptors (Lipinski definition) is 1. The Labute approximate surface area is 105 Å². The van der Waals surface area contributed by atoms with E-state index >= 15 is 0 Å². The molecular formula is C13H21ClOSi. The lowest BCUT2D eigenvalue weighted by Crippen LogP contribution is -2.33. The van der Waals surface area contributed by atoms with Crippen molar-refractivity contribution < 1.29 is 4.43 Å². The highest BCUT2D eigenvalue weighted by atomic mass is 35.5. The zero-order valence-electron chi connectivity index (χ0n) is 10.8. The lowest BCUT2D eigenvalue weighted by molar-refractivity contribution is 0.188. The average Bonchev–Trinajstić information content (AvgIpc) is 2.15. The van der Waals surface area contributed by atoms with Gasteiger partial charge in [-0.2, -0.15) is 0 Å². The van der Waals surface area contributed by atoms with Gasteiger partial charge in [0.2, 0.25) is 0 Å². The normalized spacial score (nSPS) is 15.9. The summed E-state index contributed by atoms with van der Waals surface area (Å²) in [6.45, 7) is 11.0. The summed E-state index contributed by atoms with van der Waals surface area (Å²) in [6.07, 6.45) is 0.257. The molecule has 0 amide bonds. The Bertz CT molecular complexity index is 329. The van der Waals surface area contributed by atoms with E-state index in [9.17, 15) is 0 Å². The minimum absolute atomic E-state index is 0.257. The van der Waals surface area contributed by atoms with E-state index in [-0.39, 0.29) is 6.10 Å². The molecule has 1 aromatic carbocycles. The highest BCUT2D eigenvalue weighted by Crippen LogP contribution is 2.25. The second kappa shape index (κ2) is 5.35. The van der Waals surface area contributed by atoms with Gasteiger partial charge in [0, 0.05) is 17.0 Å².